The number of fused-ring (bicyclic) bond motifs is 2. The zero-order valence-corrected chi connectivity index (χ0v) is 15.8. The molecule has 27 heavy (non-hydrogen) atoms. The number of nitrogens with zero attached hydrogens (tertiary/aromatic N) is 1. The number of hydrogen-bond donors (Lipinski definition) is 2. The molecule has 0 spiro atoms. The molecule has 1 aromatic heterocycles. The Morgan fingerprint density at radius 3 is 2.93 bits per heavy atom. The molecule has 2 aromatic rings. The lowest BCUT2D eigenvalue weighted by atomic mass is 10.1. The number of nitrogens with one attached hydrogen (secondary N) is 2. The zero-order valence-electron chi connectivity index (χ0n) is 15.8. The summed E-state index contributed by atoms with van der Waals surface area (Å²) in [6.07, 6.45) is 6.06. The molecule has 5 rings (SSSR count). The van der Waals surface area contributed by atoms with E-state index in [2.05, 4.69) is 16.9 Å². The Hall–Kier alpha value is -2.05. The molecule has 2 aliphatic carbocycles. The maximum Gasteiger partial charge on any atom is 0.163 e. The SMILES string of the molecule is COc1cc2c(NCC3CC3)c3c(nc2cc1OCC1CNOC1)CCC3. The number of ether oxygens (including phenoxy) is 2. The van der Waals surface area contributed by atoms with Gasteiger partial charge in [0, 0.05) is 41.8 Å². The number of aromatic nitrogens is 1. The number of hydroxylamine groups is 1. The molecule has 1 aliphatic heterocycles. The van der Waals surface area contributed by atoms with Crippen molar-refractivity contribution in [3.05, 3.63) is 23.4 Å². The van der Waals surface area contributed by atoms with Gasteiger partial charge in [-0.25, -0.2) is 5.48 Å². The predicted molar refractivity (Wildman–Crippen MR) is 104 cm³/mol. The van der Waals surface area contributed by atoms with Crippen LogP contribution in [-0.4, -0.2) is 38.4 Å². The topological polar surface area (TPSA) is 64.6 Å². The molecule has 1 saturated heterocycles. The van der Waals surface area contributed by atoms with Crippen LogP contribution in [0.5, 0.6) is 11.5 Å². The summed E-state index contributed by atoms with van der Waals surface area (Å²) < 4.78 is 11.7. The van der Waals surface area contributed by atoms with Crippen molar-refractivity contribution in [2.24, 2.45) is 11.8 Å². The van der Waals surface area contributed by atoms with Crippen molar-refractivity contribution in [1.82, 2.24) is 10.5 Å². The van der Waals surface area contributed by atoms with Crippen LogP contribution in [0.1, 0.15) is 30.5 Å². The highest BCUT2D eigenvalue weighted by Crippen LogP contribution is 2.40. The van der Waals surface area contributed by atoms with Gasteiger partial charge >= 0.3 is 0 Å². The summed E-state index contributed by atoms with van der Waals surface area (Å²) in [6.45, 7) is 3.15. The molecule has 2 N–H and O–H groups in total. The molecule has 0 radical (unpaired) electrons. The van der Waals surface area contributed by atoms with Crippen molar-refractivity contribution in [3.8, 4) is 11.5 Å². The first-order valence-electron chi connectivity index (χ1n) is 10.1. The smallest absolute Gasteiger partial charge is 0.163 e. The van der Waals surface area contributed by atoms with Crippen molar-refractivity contribution in [1.29, 1.82) is 0 Å². The third-order valence-electron chi connectivity index (χ3n) is 5.83. The number of rotatable bonds is 7. The van der Waals surface area contributed by atoms with Crippen molar-refractivity contribution in [3.63, 3.8) is 0 Å². The quantitative estimate of drug-likeness (QED) is 0.782. The molecule has 3 aliphatic rings. The summed E-state index contributed by atoms with van der Waals surface area (Å²) in [6, 6.07) is 4.13. The van der Waals surface area contributed by atoms with Crippen LogP contribution in [-0.2, 0) is 17.7 Å². The average Bonchev–Trinajstić information content (AvgIpc) is 3.16. The maximum absolute atomic E-state index is 6.08. The van der Waals surface area contributed by atoms with E-state index >= 15 is 0 Å². The second-order valence-electron chi connectivity index (χ2n) is 7.95. The van der Waals surface area contributed by atoms with Gasteiger partial charge in [0.05, 0.1) is 25.8 Å². The number of aryl methyl sites for hydroxylation is 1. The van der Waals surface area contributed by atoms with Crippen LogP contribution in [0, 0.1) is 11.8 Å². The van der Waals surface area contributed by atoms with Gasteiger partial charge in [-0.1, -0.05) is 0 Å². The van der Waals surface area contributed by atoms with Crippen LogP contribution in [0.25, 0.3) is 10.9 Å². The highest BCUT2D eigenvalue weighted by atomic mass is 16.7. The van der Waals surface area contributed by atoms with Crippen molar-refractivity contribution < 1.29 is 14.3 Å². The number of anilines is 1. The highest BCUT2D eigenvalue weighted by molar-refractivity contribution is 5.96. The number of hydrogen-bond acceptors (Lipinski definition) is 6. The largest absolute Gasteiger partial charge is 0.493 e. The van der Waals surface area contributed by atoms with Gasteiger partial charge in [0.2, 0.25) is 0 Å². The van der Waals surface area contributed by atoms with Gasteiger partial charge in [-0.2, -0.15) is 0 Å². The fourth-order valence-corrected chi connectivity index (χ4v) is 4.04. The van der Waals surface area contributed by atoms with Gasteiger partial charge in [-0.05, 0) is 49.7 Å². The first-order valence-corrected chi connectivity index (χ1v) is 10.1. The van der Waals surface area contributed by atoms with E-state index in [1.807, 2.05) is 6.07 Å². The van der Waals surface area contributed by atoms with Gasteiger partial charge in [0.15, 0.2) is 11.5 Å². The molecule has 1 saturated carbocycles. The minimum Gasteiger partial charge on any atom is -0.493 e. The highest BCUT2D eigenvalue weighted by Gasteiger charge is 2.25. The number of methoxy groups -OCH3 is 1. The molecule has 0 amide bonds. The Kier molecular flexibility index (Phi) is 4.53. The van der Waals surface area contributed by atoms with E-state index in [9.17, 15) is 0 Å². The summed E-state index contributed by atoms with van der Waals surface area (Å²) in [5.41, 5.74) is 7.79. The lowest BCUT2D eigenvalue weighted by molar-refractivity contribution is 0.0925. The summed E-state index contributed by atoms with van der Waals surface area (Å²) in [5.74, 6) is 2.71. The van der Waals surface area contributed by atoms with Gasteiger partial charge in [0.1, 0.15) is 0 Å². The van der Waals surface area contributed by atoms with Crippen LogP contribution < -0.4 is 20.3 Å². The molecule has 0 bridgehead atoms. The third-order valence-corrected chi connectivity index (χ3v) is 5.83. The Balaban J connectivity index is 1.50. The fourth-order valence-electron chi connectivity index (χ4n) is 4.04. The van der Waals surface area contributed by atoms with Crippen LogP contribution in [0.2, 0.25) is 0 Å². The lowest BCUT2D eigenvalue weighted by Gasteiger charge is -2.18. The van der Waals surface area contributed by atoms with Gasteiger partial charge < -0.3 is 19.6 Å². The standard InChI is InChI=1S/C21H27N3O3/c1-25-19-7-16-18(8-20(19)26-11-14-10-23-27-12-14)24-17-4-2-3-15(17)21(16)22-9-13-5-6-13/h7-8,13-14,23H,2-6,9-12H2,1H3,(H,22,24). The fraction of sp³-hybridized carbons (Fsp3) is 0.571. The molecule has 1 unspecified atom stereocenters. The third kappa shape index (κ3) is 3.44. The van der Waals surface area contributed by atoms with Crippen LogP contribution in [0.3, 0.4) is 0 Å². The van der Waals surface area contributed by atoms with E-state index in [0.717, 1.165) is 54.3 Å². The van der Waals surface area contributed by atoms with Crippen molar-refractivity contribution in [2.75, 3.05) is 38.7 Å². The van der Waals surface area contributed by atoms with E-state index in [0.29, 0.717) is 19.1 Å². The molecule has 6 nitrogen and oxygen atoms in total. The van der Waals surface area contributed by atoms with Crippen molar-refractivity contribution in [2.45, 2.75) is 32.1 Å². The van der Waals surface area contributed by atoms with E-state index < -0.39 is 0 Å². The van der Waals surface area contributed by atoms with Gasteiger partial charge in [0.25, 0.3) is 0 Å². The lowest BCUT2D eigenvalue weighted by Crippen LogP contribution is -2.17. The predicted octanol–water partition coefficient (Wildman–Crippen LogP) is 3.08. The van der Waals surface area contributed by atoms with E-state index in [-0.39, 0.29) is 0 Å². The second kappa shape index (κ2) is 7.17. The zero-order chi connectivity index (χ0) is 18.2. The van der Waals surface area contributed by atoms with Crippen molar-refractivity contribution >= 4 is 16.6 Å². The molecule has 2 heterocycles. The molecule has 2 fully saturated rings. The Labute approximate surface area is 159 Å². The minimum atomic E-state index is 0.356. The number of pyridine rings is 1. The average molecular weight is 369 g/mol. The minimum absolute atomic E-state index is 0.356. The molecular formula is C21H27N3O3. The Morgan fingerprint density at radius 1 is 1.22 bits per heavy atom. The molecular weight excluding hydrogens is 342 g/mol. The first-order chi connectivity index (χ1) is 13.3. The Bertz CT molecular complexity index is 844. The van der Waals surface area contributed by atoms with E-state index in [1.165, 1.54) is 36.2 Å². The van der Waals surface area contributed by atoms with E-state index in [4.69, 9.17) is 19.3 Å². The summed E-state index contributed by atoms with van der Waals surface area (Å²) in [4.78, 5) is 10.2. The van der Waals surface area contributed by atoms with Crippen LogP contribution >= 0.6 is 0 Å². The number of benzene rings is 1. The van der Waals surface area contributed by atoms with Gasteiger partial charge in [-0.15, -0.1) is 0 Å². The van der Waals surface area contributed by atoms with Crippen LogP contribution in [0.4, 0.5) is 5.69 Å². The first kappa shape index (κ1) is 17.1. The van der Waals surface area contributed by atoms with E-state index in [1.54, 1.807) is 7.11 Å². The van der Waals surface area contributed by atoms with Crippen LogP contribution in [0.15, 0.2) is 12.1 Å². The monoisotopic (exact) mass is 369 g/mol. The Morgan fingerprint density at radius 2 is 2.15 bits per heavy atom. The molecule has 1 aromatic carbocycles. The maximum atomic E-state index is 6.08. The molecule has 1 atom stereocenters. The summed E-state index contributed by atoms with van der Waals surface area (Å²) in [7, 11) is 1.70. The summed E-state index contributed by atoms with van der Waals surface area (Å²) >= 11 is 0. The second-order valence-corrected chi connectivity index (χ2v) is 7.95. The normalized spacial score (nSPS) is 21.4. The molecule has 6 heteroatoms. The molecule has 144 valence electrons. The van der Waals surface area contributed by atoms with Gasteiger partial charge in [-0.3, -0.25) is 4.98 Å². The summed E-state index contributed by atoms with van der Waals surface area (Å²) in [5, 5.41) is 4.88.